The average molecular weight is 567 g/mol. The highest BCUT2D eigenvalue weighted by atomic mass is 32.2. The average Bonchev–Trinajstić information content (AvgIpc) is 2.66. The fraction of sp³-hybridized carbons (Fsp3) is 0.760. The van der Waals surface area contributed by atoms with Crippen molar-refractivity contribution in [1.29, 1.82) is 0 Å². The number of hydrogen-bond donors (Lipinski definition) is 4. The fourth-order valence-electron chi connectivity index (χ4n) is 4.25. The Hall–Kier alpha value is -0.580. The normalized spacial score (nSPS) is 19.4. The number of primary amides is 2. The van der Waals surface area contributed by atoms with Crippen LogP contribution in [0.3, 0.4) is 0 Å². The molecule has 2 rings (SSSR count). The van der Waals surface area contributed by atoms with Gasteiger partial charge in [-0.1, -0.05) is 45.1 Å². The van der Waals surface area contributed by atoms with Crippen molar-refractivity contribution < 1.29 is 19.8 Å². The highest BCUT2D eigenvalue weighted by Gasteiger charge is 2.25. The van der Waals surface area contributed by atoms with Gasteiger partial charge in [-0.15, -0.1) is 0 Å². The van der Waals surface area contributed by atoms with Gasteiger partial charge in [0.15, 0.2) is 0 Å². The Bertz CT molecular complexity index is 617. The predicted molar refractivity (Wildman–Crippen MR) is 160 cm³/mol. The largest absolute Gasteiger partial charge is 0.465 e. The fourth-order valence-corrected chi connectivity index (χ4v) is 9.26. The molecule has 2 heterocycles. The lowest BCUT2D eigenvalue weighted by Crippen LogP contribution is -2.22. The van der Waals surface area contributed by atoms with Crippen LogP contribution in [-0.4, -0.2) is 68.4 Å². The maximum Gasteiger partial charge on any atom is 0.402 e. The van der Waals surface area contributed by atoms with Crippen LogP contribution in [0.5, 0.6) is 0 Å². The number of amides is 2. The van der Waals surface area contributed by atoms with E-state index in [1.54, 1.807) is 0 Å². The molecule has 0 bridgehead atoms. The Morgan fingerprint density at radius 3 is 1.60 bits per heavy atom. The number of carbonyl (C=O) groups is 2. The smallest absolute Gasteiger partial charge is 0.402 e. The molecule has 6 N–H and O–H groups in total. The van der Waals surface area contributed by atoms with Crippen LogP contribution < -0.4 is 11.5 Å². The molecule has 0 aromatic carbocycles. The van der Waals surface area contributed by atoms with Gasteiger partial charge in [-0.2, -0.15) is 47.0 Å². The predicted octanol–water partition coefficient (Wildman–Crippen LogP) is 6.76. The Morgan fingerprint density at radius 1 is 0.886 bits per heavy atom. The topological polar surface area (TPSA) is 127 Å². The Kier molecular flexibility index (Phi) is 19.2. The summed E-state index contributed by atoms with van der Waals surface area (Å²) in [6, 6.07) is 0. The van der Waals surface area contributed by atoms with Gasteiger partial charge in [-0.25, -0.2) is 9.59 Å². The molecule has 0 spiro atoms. The molecule has 0 aromatic heterocycles. The van der Waals surface area contributed by atoms with Crippen LogP contribution in [-0.2, 0) is 0 Å². The molecular weight excluding hydrogens is 521 g/mol. The van der Waals surface area contributed by atoms with Crippen molar-refractivity contribution in [3.63, 3.8) is 0 Å². The minimum Gasteiger partial charge on any atom is -0.465 e. The molecule has 0 aliphatic carbocycles. The molecule has 6 nitrogen and oxygen atoms in total. The molecule has 2 aliphatic rings. The molecule has 10 heteroatoms. The lowest BCUT2D eigenvalue weighted by molar-refractivity contribution is 0.204. The third-order valence-corrected chi connectivity index (χ3v) is 10.8. The summed E-state index contributed by atoms with van der Waals surface area (Å²) in [4.78, 5) is 17.6. The molecule has 0 radical (unpaired) electrons. The number of rotatable bonds is 7. The molecule has 2 saturated heterocycles. The van der Waals surface area contributed by atoms with Crippen LogP contribution in [0.4, 0.5) is 9.59 Å². The van der Waals surface area contributed by atoms with Crippen LogP contribution >= 0.6 is 47.0 Å². The van der Waals surface area contributed by atoms with E-state index in [2.05, 4.69) is 92.4 Å². The van der Waals surface area contributed by atoms with Gasteiger partial charge in [-0.3, -0.25) is 0 Å². The van der Waals surface area contributed by atoms with Gasteiger partial charge in [0.25, 0.3) is 0 Å². The van der Waals surface area contributed by atoms with Crippen molar-refractivity contribution in [1.82, 2.24) is 0 Å². The quantitative estimate of drug-likeness (QED) is 0.249. The van der Waals surface area contributed by atoms with Gasteiger partial charge >= 0.3 is 12.2 Å². The number of hydrogen-bond acceptors (Lipinski definition) is 6. The Morgan fingerprint density at radius 2 is 1.23 bits per heavy atom. The maximum absolute atomic E-state index is 8.78. The van der Waals surface area contributed by atoms with Crippen LogP contribution in [0, 0.1) is 23.2 Å². The summed E-state index contributed by atoms with van der Waals surface area (Å²) in [5.74, 6) is 12.7. The summed E-state index contributed by atoms with van der Waals surface area (Å²) in [7, 11) is 0. The zero-order chi connectivity index (χ0) is 26.9. The first kappa shape index (κ1) is 34.4. The van der Waals surface area contributed by atoms with E-state index in [-0.39, 0.29) is 0 Å². The minimum absolute atomic E-state index is 0.483. The van der Waals surface area contributed by atoms with Crippen molar-refractivity contribution in [2.24, 2.45) is 34.6 Å². The molecule has 2 aliphatic heterocycles. The molecular formula is C25H46N2O4S4. The summed E-state index contributed by atoms with van der Waals surface area (Å²) in [5.41, 5.74) is 11.4. The zero-order valence-electron chi connectivity index (χ0n) is 21.6. The lowest BCUT2D eigenvalue weighted by atomic mass is 9.76. The van der Waals surface area contributed by atoms with Crippen LogP contribution in [0.15, 0.2) is 24.3 Å². The van der Waals surface area contributed by atoms with Gasteiger partial charge < -0.3 is 21.7 Å². The number of thioether (sulfide) groups is 4. The molecule has 2 fully saturated rings. The first-order valence-electron chi connectivity index (χ1n) is 11.9. The van der Waals surface area contributed by atoms with Crippen LogP contribution in [0.25, 0.3) is 0 Å². The molecule has 0 saturated carbocycles. The Balaban J connectivity index is 0.00000126. The van der Waals surface area contributed by atoms with E-state index >= 15 is 0 Å². The highest BCUT2D eigenvalue weighted by molar-refractivity contribution is 8.01. The minimum atomic E-state index is -1.33. The van der Waals surface area contributed by atoms with E-state index < -0.39 is 12.2 Å². The first-order valence-corrected chi connectivity index (χ1v) is 16.5. The molecule has 1 atom stereocenters. The number of nitrogens with two attached hydrogens (primary N) is 2. The van der Waals surface area contributed by atoms with Gasteiger partial charge in [0.05, 0.1) is 0 Å². The maximum atomic E-state index is 8.78. The highest BCUT2D eigenvalue weighted by Crippen LogP contribution is 2.37. The first-order chi connectivity index (χ1) is 16.3. The van der Waals surface area contributed by atoms with Gasteiger partial charge in [0, 0.05) is 23.0 Å². The second-order valence-corrected chi connectivity index (χ2v) is 14.3. The molecule has 1 unspecified atom stereocenters. The van der Waals surface area contributed by atoms with Gasteiger partial charge in [-0.05, 0) is 71.9 Å². The monoisotopic (exact) mass is 566 g/mol. The summed E-state index contributed by atoms with van der Waals surface area (Å²) >= 11 is 8.46. The summed E-state index contributed by atoms with van der Waals surface area (Å²) in [5, 5.41) is 14.4. The summed E-state index contributed by atoms with van der Waals surface area (Å²) < 4.78 is 0. The van der Waals surface area contributed by atoms with E-state index in [0.29, 0.717) is 5.41 Å². The molecule has 204 valence electrons. The van der Waals surface area contributed by atoms with Crippen LogP contribution in [0.2, 0.25) is 0 Å². The molecule has 0 aromatic rings. The van der Waals surface area contributed by atoms with Crippen molar-refractivity contribution in [2.45, 2.75) is 46.5 Å². The Labute approximate surface area is 229 Å². The van der Waals surface area contributed by atoms with E-state index in [0.717, 1.165) is 17.8 Å². The summed E-state index contributed by atoms with van der Waals surface area (Å²) in [6.07, 6.45) is 2.92. The third kappa shape index (κ3) is 22.4. The van der Waals surface area contributed by atoms with E-state index in [1.807, 2.05) is 0 Å². The van der Waals surface area contributed by atoms with Crippen molar-refractivity contribution in [3.05, 3.63) is 24.3 Å². The standard InChI is InChI=1S/C23H40S4.2CH3NO2/c1-18(8-22-16-26-12-20(3)13-27-17-22)9-23(4,5)7-6-21-14-24-10-19(2)11-25-15-21;2*2-1(3)4/h18,21-22H,2-3,6-17H2,1,4-5H3;2*2H2,(H,3,4). The second kappa shape index (κ2) is 19.5. The van der Waals surface area contributed by atoms with Crippen molar-refractivity contribution >= 4 is 59.2 Å². The van der Waals surface area contributed by atoms with Crippen molar-refractivity contribution in [3.8, 4) is 0 Å². The van der Waals surface area contributed by atoms with E-state index in [9.17, 15) is 0 Å². The number of carboxylic acid groups (broad SMARTS) is 2. The van der Waals surface area contributed by atoms with Crippen molar-refractivity contribution in [2.75, 3.05) is 46.0 Å². The van der Waals surface area contributed by atoms with E-state index in [4.69, 9.17) is 19.8 Å². The van der Waals surface area contributed by atoms with E-state index in [1.165, 1.54) is 82.9 Å². The zero-order valence-corrected chi connectivity index (χ0v) is 24.9. The third-order valence-electron chi connectivity index (χ3n) is 5.51. The van der Waals surface area contributed by atoms with Gasteiger partial charge in [0.1, 0.15) is 0 Å². The van der Waals surface area contributed by atoms with Gasteiger partial charge in [0.2, 0.25) is 0 Å². The molecule has 35 heavy (non-hydrogen) atoms. The lowest BCUT2D eigenvalue weighted by Gasteiger charge is -2.32. The molecule has 2 amide bonds. The summed E-state index contributed by atoms with van der Waals surface area (Å²) in [6.45, 7) is 15.9. The van der Waals surface area contributed by atoms with Crippen LogP contribution in [0.1, 0.15) is 46.5 Å². The SMILES string of the molecule is C=C1CSCC(CCC(C)(C)CC(C)CC2CSCC(=C)CSC2)CSC1.NC(=O)O.NC(=O)O. The second-order valence-electron chi connectivity index (χ2n) is 10.2.